The molecular formula is C9H18N4O3. The molecule has 0 aliphatic rings. The van der Waals surface area contributed by atoms with E-state index in [2.05, 4.69) is 21.3 Å². The number of hydrogen-bond donors (Lipinski definition) is 4. The summed E-state index contributed by atoms with van der Waals surface area (Å²) in [6, 6.07) is 0. The molecule has 0 saturated heterocycles. The maximum atomic E-state index is 11.1. The number of likely N-dealkylation sites (N-methyl/N-ethyl adjacent to an activating group) is 2. The Hall–Kier alpha value is -1.63. The molecule has 0 bridgehead atoms. The fourth-order valence-corrected chi connectivity index (χ4v) is 0.903. The van der Waals surface area contributed by atoms with Crippen LogP contribution >= 0.6 is 0 Å². The predicted octanol–water partition coefficient (Wildman–Crippen LogP) is -2.43. The Morgan fingerprint density at radius 2 is 1.25 bits per heavy atom. The van der Waals surface area contributed by atoms with E-state index in [4.69, 9.17) is 0 Å². The van der Waals surface area contributed by atoms with E-state index in [1.165, 1.54) is 0 Å². The number of carbonyl (C=O) groups excluding carboxylic acids is 3. The van der Waals surface area contributed by atoms with Gasteiger partial charge >= 0.3 is 0 Å². The second kappa shape index (κ2) is 8.66. The van der Waals surface area contributed by atoms with Crippen LogP contribution in [0, 0.1) is 0 Å². The van der Waals surface area contributed by atoms with E-state index >= 15 is 0 Å². The number of nitrogens with one attached hydrogen (secondary N) is 4. The van der Waals surface area contributed by atoms with Crippen molar-refractivity contribution < 1.29 is 14.4 Å². The van der Waals surface area contributed by atoms with Crippen LogP contribution in [0.25, 0.3) is 0 Å². The first-order chi connectivity index (χ1) is 7.60. The van der Waals surface area contributed by atoms with Gasteiger partial charge in [0.15, 0.2) is 0 Å². The zero-order chi connectivity index (χ0) is 12.4. The highest BCUT2D eigenvalue weighted by molar-refractivity contribution is 5.88. The predicted molar refractivity (Wildman–Crippen MR) is 58.6 cm³/mol. The van der Waals surface area contributed by atoms with E-state index in [-0.39, 0.29) is 31.4 Å². The van der Waals surface area contributed by atoms with E-state index in [9.17, 15) is 14.4 Å². The molecule has 0 spiro atoms. The summed E-state index contributed by atoms with van der Waals surface area (Å²) in [7, 11) is 1.63. The van der Waals surface area contributed by atoms with Gasteiger partial charge in [0.25, 0.3) is 0 Å². The smallest absolute Gasteiger partial charge is 0.239 e. The minimum absolute atomic E-state index is 0.0748. The third-order valence-electron chi connectivity index (χ3n) is 1.60. The lowest BCUT2D eigenvalue weighted by Crippen LogP contribution is -2.43. The van der Waals surface area contributed by atoms with E-state index in [0.717, 1.165) is 0 Å². The quantitative estimate of drug-likeness (QED) is 0.391. The number of amides is 3. The van der Waals surface area contributed by atoms with Crippen molar-refractivity contribution in [3.05, 3.63) is 0 Å². The number of carbonyl (C=O) groups is 3. The van der Waals surface area contributed by atoms with E-state index < -0.39 is 5.91 Å². The zero-order valence-electron chi connectivity index (χ0n) is 9.55. The molecule has 7 heteroatoms. The maximum Gasteiger partial charge on any atom is 0.239 e. The van der Waals surface area contributed by atoms with Gasteiger partial charge < -0.3 is 21.3 Å². The number of hydrogen-bond acceptors (Lipinski definition) is 4. The molecule has 0 atom stereocenters. The first-order valence-electron chi connectivity index (χ1n) is 5.04. The fraction of sp³-hybridized carbons (Fsp3) is 0.667. The summed E-state index contributed by atoms with van der Waals surface area (Å²) in [6.45, 7) is 2.27. The van der Waals surface area contributed by atoms with E-state index in [0.29, 0.717) is 6.54 Å². The summed E-state index contributed by atoms with van der Waals surface area (Å²) in [4.78, 5) is 33.1. The molecule has 0 rings (SSSR count). The van der Waals surface area contributed by atoms with Gasteiger partial charge in [-0.3, -0.25) is 14.4 Å². The van der Waals surface area contributed by atoms with Crippen LogP contribution in [0.2, 0.25) is 0 Å². The van der Waals surface area contributed by atoms with Crippen molar-refractivity contribution in [3.8, 4) is 0 Å². The van der Waals surface area contributed by atoms with Crippen LogP contribution in [0.5, 0.6) is 0 Å². The molecule has 0 heterocycles. The third kappa shape index (κ3) is 7.74. The summed E-state index contributed by atoms with van der Waals surface area (Å²) in [6.07, 6.45) is 0. The van der Waals surface area contributed by atoms with Gasteiger partial charge in [0.2, 0.25) is 17.7 Å². The Morgan fingerprint density at radius 1 is 0.812 bits per heavy atom. The van der Waals surface area contributed by atoms with Crippen molar-refractivity contribution >= 4 is 17.7 Å². The Morgan fingerprint density at radius 3 is 1.69 bits per heavy atom. The second-order valence-electron chi connectivity index (χ2n) is 3.04. The third-order valence-corrected chi connectivity index (χ3v) is 1.60. The molecule has 7 nitrogen and oxygen atoms in total. The molecule has 92 valence electrons. The van der Waals surface area contributed by atoms with Gasteiger partial charge in [0.05, 0.1) is 19.6 Å². The average Bonchev–Trinajstić information content (AvgIpc) is 2.24. The second-order valence-corrected chi connectivity index (χ2v) is 3.04. The number of rotatable bonds is 7. The molecular weight excluding hydrogens is 212 g/mol. The molecule has 0 saturated carbocycles. The Bertz CT molecular complexity index is 231. The lowest BCUT2D eigenvalue weighted by atomic mass is 10.5. The summed E-state index contributed by atoms with van der Waals surface area (Å²) >= 11 is 0. The van der Waals surface area contributed by atoms with Crippen molar-refractivity contribution in [3.63, 3.8) is 0 Å². The van der Waals surface area contributed by atoms with Crippen molar-refractivity contribution in [2.45, 2.75) is 6.92 Å². The van der Waals surface area contributed by atoms with Crippen LogP contribution in [0.1, 0.15) is 6.92 Å². The molecule has 0 aliphatic heterocycles. The summed E-state index contributed by atoms with van der Waals surface area (Å²) in [5.74, 6) is -0.913. The van der Waals surface area contributed by atoms with E-state index in [1.54, 1.807) is 14.0 Å². The van der Waals surface area contributed by atoms with Gasteiger partial charge in [-0.25, -0.2) is 0 Å². The molecule has 0 aliphatic carbocycles. The highest BCUT2D eigenvalue weighted by atomic mass is 16.2. The monoisotopic (exact) mass is 230 g/mol. The molecule has 4 N–H and O–H groups in total. The van der Waals surface area contributed by atoms with Crippen LogP contribution in [0.15, 0.2) is 0 Å². The highest BCUT2D eigenvalue weighted by Crippen LogP contribution is 1.68. The van der Waals surface area contributed by atoms with Crippen LogP contribution in [0.3, 0.4) is 0 Å². The molecule has 0 aromatic heterocycles. The van der Waals surface area contributed by atoms with Gasteiger partial charge in [0, 0.05) is 6.54 Å². The molecule has 3 amide bonds. The molecule has 0 radical (unpaired) electrons. The lowest BCUT2D eigenvalue weighted by Gasteiger charge is -2.06. The SMILES string of the molecule is CCNC(=O)CNC(=O)CNC(=O)CNC. The van der Waals surface area contributed by atoms with Crippen molar-refractivity contribution in [1.82, 2.24) is 21.3 Å². The topological polar surface area (TPSA) is 99.3 Å². The van der Waals surface area contributed by atoms with Gasteiger partial charge in [-0.05, 0) is 14.0 Å². The Kier molecular flexibility index (Phi) is 7.78. The van der Waals surface area contributed by atoms with Crippen molar-refractivity contribution in [2.75, 3.05) is 33.2 Å². The molecule has 0 aromatic carbocycles. The molecule has 0 aromatic rings. The van der Waals surface area contributed by atoms with Crippen LogP contribution in [0.4, 0.5) is 0 Å². The minimum Gasteiger partial charge on any atom is -0.355 e. The maximum absolute atomic E-state index is 11.1. The fourth-order valence-electron chi connectivity index (χ4n) is 0.903. The Balaban J connectivity index is 3.59. The van der Waals surface area contributed by atoms with Gasteiger partial charge in [-0.1, -0.05) is 0 Å². The molecule has 0 unspecified atom stereocenters. The van der Waals surface area contributed by atoms with Crippen molar-refractivity contribution in [2.24, 2.45) is 0 Å². The minimum atomic E-state index is -0.393. The normalized spacial score (nSPS) is 9.38. The van der Waals surface area contributed by atoms with Gasteiger partial charge in [-0.2, -0.15) is 0 Å². The van der Waals surface area contributed by atoms with Crippen LogP contribution in [-0.4, -0.2) is 50.9 Å². The van der Waals surface area contributed by atoms with Gasteiger partial charge in [-0.15, -0.1) is 0 Å². The first kappa shape index (κ1) is 14.4. The average molecular weight is 230 g/mol. The lowest BCUT2D eigenvalue weighted by molar-refractivity contribution is -0.127. The summed E-state index contributed by atoms with van der Waals surface area (Å²) in [5, 5.41) is 9.96. The van der Waals surface area contributed by atoms with Crippen molar-refractivity contribution in [1.29, 1.82) is 0 Å². The van der Waals surface area contributed by atoms with E-state index in [1.807, 2.05) is 0 Å². The summed E-state index contributed by atoms with van der Waals surface area (Å²) < 4.78 is 0. The largest absolute Gasteiger partial charge is 0.355 e. The molecule has 0 fully saturated rings. The summed E-state index contributed by atoms with van der Waals surface area (Å²) in [5.41, 5.74) is 0. The Labute approximate surface area is 94.3 Å². The highest BCUT2D eigenvalue weighted by Gasteiger charge is 2.05. The standard InChI is InChI=1S/C9H18N4O3/c1-3-11-8(15)5-13-9(16)6-12-7(14)4-10-2/h10H,3-6H2,1-2H3,(H,11,15)(H,12,14)(H,13,16). The van der Waals surface area contributed by atoms with Crippen LogP contribution < -0.4 is 21.3 Å². The first-order valence-corrected chi connectivity index (χ1v) is 5.04. The van der Waals surface area contributed by atoms with Gasteiger partial charge in [0.1, 0.15) is 0 Å². The van der Waals surface area contributed by atoms with Crippen LogP contribution in [-0.2, 0) is 14.4 Å². The molecule has 16 heavy (non-hydrogen) atoms. The zero-order valence-corrected chi connectivity index (χ0v) is 9.55.